The maximum absolute atomic E-state index is 6.38. The first kappa shape index (κ1) is 12.8. The van der Waals surface area contributed by atoms with Crippen molar-refractivity contribution in [2.75, 3.05) is 0 Å². The van der Waals surface area contributed by atoms with E-state index in [-0.39, 0.29) is 0 Å². The van der Waals surface area contributed by atoms with Gasteiger partial charge in [-0.2, -0.15) is 0 Å². The minimum Gasteiger partial charge on any atom is -0.467 e. The first-order valence-corrected chi connectivity index (χ1v) is 7.10. The fourth-order valence-corrected chi connectivity index (χ4v) is 2.55. The number of hydrogen-bond donors (Lipinski definition) is 1. The molecule has 3 rings (SSSR count). The van der Waals surface area contributed by atoms with Crippen molar-refractivity contribution < 1.29 is 4.42 Å². The van der Waals surface area contributed by atoms with Gasteiger partial charge in [0.05, 0.1) is 12.8 Å². The van der Waals surface area contributed by atoms with E-state index in [1.165, 1.54) is 24.0 Å². The zero-order valence-electron chi connectivity index (χ0n) is 11.3. The van der Waals surface area contributed by atoms with Crippen molar-refractivity contribution in [2.24, 2.45) is 0 Å². The second-order valence-electron chi connectivity index (χ2n) is 5.33. The van der Waals surface area contributed by atoms with E-state index in [0.29, 0.717) is 6.04 Å². The van der Waals surface area contributed by atoms with E-state index in [1.807, 2.05) is 12.1 Å². The second kappa shape index (κ2) is 5.03. The van der Waals surface area contributed by atoms with Crippen LogP contribution in [0.5, 0.6) is 0 Å². The number of furan rings is 1. The molecule has 0 amide bonds. The molecule has 1 aromatic carbocycles. The van der Waals surface area contributed by atoms with Crippen LogP contribution in [0.2, 0.25) is 5.02 Å². The Morgan fingerprint density at radius 3 is 2.68 bits per heavy atom. The van der Waals surface area contributed by atoms with Gasteiger partial charge in [0.25, 0.3) is 0 Å². The number of rotatable bonds is 4. The lowest BCUT2D eigenvalue weighted by Crippen LogP contribution is -2.15. The molecule has 0 spiro atoms. The van der Waals surface area contributed by atoms with E-state index >= 15 is 0 Å². The van der Waals surface area contributed by atoms with Crippen LogP contribution in [-0.2, 0) is 6.54 Å². The third kappa shape index (κ3) is 2.70. The van der Waals surface area contributed by atoms with Crippen LogP contribution in [0, 0.1) is 13.8 Å². The molecule has 0 bridgehead atoms. The van der Waals surface area contributed by atoms with Crippen LogP contribution in [0.3, 0.4) is 0 Å². The molecule has 100 valence electrons. The van der Waals surface area contributed by atoms with Gasteiger partial charge in [0.1, 0.15) is 5.76 Å². The van der Waals surface area contributed by atoms with E-state index in [9.17, 15) is 0 Å². The molecule has 1 fully saturated rings. The topological polar surface area (TPSA) is 25.2 Å². The molecule has 1 N–H and O–H groups in total. The van der Waals surface area contributed by atoms with Crippen molar-refractivity contribution in [3.63, 3.8) is 0 Å². The summed E-state index contributed by atoms with van der Waals surface area (Å²) in [6.45, 7) is 4.96. The summed E-state index contributed by atoms with van der Waals surface area (Å²) in [5.41, 5.74) is 4.63. The molecule has 0 aliphatic heterocycles. The summed E-state index contributed by atoms with van der Waals surface area (Å²) in [7, 11) is 0. The molecule has 1 aromatic heterocycles. The Hall–Kier alpha value is -1.25. The Bertz CT molecular complexity index is 599. The first-order valence-electron chi connectivity index (χ1n) is 6.72. The van der Waals surface area contributed by atoms with E-state index in [1.54, 1.807) is 6.26 Å². The maximum atomic E-state index is 6.38. The predicted molar refractivity (Wildman–Crippen MR) is 78.5 cm³/mol. The summed E-state index contributed by atoms with van der Waals surface area (Å²) in [4.78, 5) is 0. The quantitative estimate of drug-likeness (QED) is 0.891. The number of nitrogens with one attached hydrogen (secondary N) is 1. The zero-order valence-corrected chi connectivity index (χ0v) is 12.1. The smallest absolute Gasteiger partial charge is 0.125 e. The molecule has 2 nitrogen and oxygen atoms in total. The van der Waals surface area contributed by atoms with Crippen molar-refractivity contribution in [1.82, 2.24) is 5.32 Å². The molecule has 3 heteroatoms. The van der Waals surface area contributed by atoms with Gasteiger partial charge in [-0.1, -0.05) is 11.6 Å². The molecule has 0 radical (unpaired) electrons. The van der Waals surface area contributed by atoms with Gasteiger partial charge in [0.2, 0.25) is 0 Å². The van der Waals surface area contributed by atoms with Gasteiger partial charge in [0.15, 0.2) is 0 Å². The standard InChI is InChI=1S/C16H18ClNO/c1-10-7-14(15(17)8-11(10)2)13-5-6-19-16(13)9-18-12-3-4-12/h5-8,12,18H,3-4,9H2,1-2H3. The molecule has 0 unspecified atom stereocenters. The Morgan fingerprint density at radius 1 is 1.21 bits per heavy atom. The molecule has 1 aliphatic carbocycles. The van der Waals surface area contributed by atoms with E-state index < -0.39 is 0 Å². The first-order chi connectivity index (χ1) is 9.15. The lowest BCUT2D eigenvalue weighted by atomic mass is 10.0. The molecule has 1 heterocycles. The minimum absolute atomic E-state index is 0.674. The lowest BCUT2D eigenvalue weighted by Gasteiger charge is -2.09. The number of hydrogen-bond acceptors (Lipinski definition) is 2. The third-order valence-corrected chi connectivity index (χ3v) is 4.06. The predicted octanol–water partition coefficient (Wildman–Crippen LogP) is 4.47. The lowest BCUT2D eigenvalue weighted by molar-refractivity contribution is 0.483. The largest absolute Gasteiger partial charge is 0.467 e. The van der Waals surface area contributed by atoms with Crippen LogP contribution in [-0.4, -0.2) is 6.04 Å². The summed E-state index contributed by atoms with van der Waals surface area (Å²) in [6.07, 6.45) is 4.30. The molecule has 0 saturated heterocycles. The van der Waals surface area contributed by atoms with Crippen molar-refractivity contribution in [2.45, 2.75) is 39.3 Å². The third-order valence-electron chi connectivity index (χ3n) is 3.75. The van der Waals surface area contributed by atoms with Crippen molar-refractivity contribution >= 4 is 11.6 Å². The van der Waals surface area contributed by atoms with E-state index in [0.717, 1.165) is 28.5 Å². The van der Waals surface area contributed by atoms with Gasteiger partial charge in [-0.25, -0.2) is 0 Å². The molecule has 1 saturated carbocycles. The zero-order chi connectivity index (χ0) is 13.4. The monoisotopic (exact) mass is 275 g/mol. The van der Waals surface area contributed by atoms with Crippen LogP contribution in [0.1, 0.15) is 29.7 Å². The molecule has 2 aromatic rings. The molecule has 0 atom stereocenters. The van der Waals surface area contributed by atoms with Crippen LogP contribution >= 0.6 is 11.6 Å². The number of halogens is 1. The second-order valence-corrected chi connectivity index (χ2v) is 5.74. The van der Waals surface area contributed by atoms with Gasteiger partial charge >= 0.3 is 0 Å². The van der Waals surface area contributed by atoms with Crippen LogP contribution in [0.4, 0.5) is 0 Å². The van der Waals surface area contributed by atoms with Gasteiger partial charge < -0.3 is 9.73 Å². The van der Waals surface area contributed by atoms with Crippen molar-refractivity contribution in [1.29, 1.82) is 0 Å². The summed E-state index contributed by atoms with van der Waals surface area (Å²) in [5.74, 6) is 0.969. The van der Waals surface area contributed by atoms with Gasteiger partial charge in [-0.15, -0.1) is 0 Å². The average molecular weight is 276 g/mol. The summed E-state index contributed by atoms with van der Waals surface area (Å²) in [5, 5.41) is 4.27. The van der Waals surface area contributed by atoms with E-state index in [2.05, 4.69) is 25.2 Å². The number of benzene rings is 1. The molecular formula is C16H18ClNO. The Balaban J connectivity index is 1.92. The number of aryl methyl sites for hydroxylation is 2. The molecular weight excluding hydrogens is 258 g/mol. The highest BCUT2D eigenvalue weighted by molar-refractivity contribution is 6.33. The average Bonchev–Trinajstić information content (AvgIpc) is 3.09. The normalized spacial score (nSPS) is 14.9. The van der Waals surface area contributed by atoms with Crippen LogP contribution < -0.4 is 5.32 Å². The fourth-order valence-electron chi connectivity index (χ4n) is 2.23. The summed E-state index contributed by atoms with van der Waals surface area (Å²) < 4.78 is 5.60. The highest BCUT2D eigenvalue weighted by Crippen LogP contribution is 2.33. The van der Waals surface area contributed by atoms with Gasteiger partial charge in [-0.3, -0.25) is 0 Å². The van der Waals surface area contributed by atoms with E-state index in [4.69, 9.17) is 16.0 Å². The maximum Gasteiger partial charge on any atom is 0.125 e. The van der Waals surface area contributed by atoms with Crippen molar-refractivity contribution in [3.8, 4) is 11.1 Å². The van der Waals surface area contributed by atoms with Crippen LogP contribution in [0.25, 0.3) is 11.1 Å². The highest BCUT2D eigenvalue weighted by atomic mass is 35.5. The Kier molecular flexibility index (Phi) is 3.38. The Morgan fingerprint density at radius 2 is 1.95 bits per heavy atom. The molecule has 1 aliphatic rings. The SMILES string of the molecule is Cc1cc(Cl)c(-c2ccoc2CNC2CC2)cc1C. The molecule has 19 heavy (non-hydrogen) atoms. The summed E-state index contributed by atoms with van der Waals surface area (Å²) in [6, 6.07) is 6.84. The van der Waals surface area contributed by atoms with Gasteiger partial charge in [-0.05, 0) is 56.0 Å². The van der Waals surface area contributed by atoms with Crippen LogP contribution in [0.15, 0.2) is 28.9 Å². The fraction of sp³-hybridized carbons (Fsp3) is 0.375. The Labute approximate surface area is 118 Å². The minimum atomic E-state index is 0.674. The highest BCUT2D eigenvalue weighted by Gasteiger charge is 2.21. The van der Waals surface area contributed by atoms with Gasteiger partial charge in [0, 0.05) is 22.2 Å². The van der Waals surface area contributed by atoms with Crippen molar-refractivity contribution in [3.05, 3.63) is 46.4 Å². The summed E-state index contributed by atoms with van der Waals surface area (Å²) >= 11 is 6.38.